The molecule has 2 rings (SSSR count). The smallest absolute Gasteiger partial charge is 0.321 e. The summed E-state index contributed by atoms with van der Waals surface area (Å²) in [5.74, 6) is 1.41. The summed E-state index contributed by atoms with van der Waals surface area (Å²) in [7, 11) is 1.75. The van der Waals surface area contributed by atoms with Gasteiger partial charge in [-0.25, -0.2) is 4.79 Å². The summed E-state index contributed by atoms with van der Waals surface area (Å²) in [5.41, 5.74) is 0.495. The third-order valence-electron chi connectivity index (χ3n) is 3.72. The van der Waals surface area contributed by atoms with Crippen LogP contribution in [0.1, 0.15) is 19.3 Å². The van der Waals surface area contributed by atoms with Gasteiger partial charge in [-0.3, -0.25) is 0 Å². The van der Waals surface area contributed by atoms with E-state index in [2.05, 4.69) is 10.6 Å². The van der Waals surface area contributed by atoms with E-state index >= 15 is 0 Å². The highest BCUT2D eigenvalue weighted by Crippen LogP contribution is 2.37. The Hall–Kier alpha value is -1.52. The average Bonchev–Trinajstić information content (AvgIpc) is 2.88. The first-order valence-electron chi connectivity index (χ1n) is 6.18. The summed E-state index contributed by atoms with van der Waals surface area (Å²) in [6, 6.07) is -0.0793. The van der Waals surface area contributed by atoms with Crippen LogP contribution < -0.4 is 10.6 Å². The lowest BCUT2D eigenvalue weighted by Crippen LogP contribution is -2.39. The van der Waals surface area contributed by atoms with Gasteiger partial charge >= 0.3 is 6.03 Å². The van der Waals surface area contributed by atoms with Gasteiger partial charge < -0.3 is 20.9 Å². The molecule has 2 amide bonds. The first-order chi connectivity index (χ1) is 8.24. The topological polar surface area (TPSA) is 68.2 Å². The maximum absolute atomic E-state index is 12.0. The number of carbonyl (C=O) groups is 1. The molecule has 1 aliphatic heterocycles. The molecule has 2 aliphatic rings. The van der Waals surface area contributed by atoms with Crippen LogP contribution in [-0.4, -0.2) is 37.3 Å². The molecule has 0 radical (unpaired) electrons. The van der Waals surface area contributed by atoms with Crippen molar-refractivity contribution in [3.63, 3.8) is 0 Å². The molecule has 1 saturated carbocycles. The summed E-state index contributed by atoms with van der Waals surface area (Å²) in [4.78, 5) is 13.8. The monoisotopic (exact) mass is 236 g/mol. The van der Waals surface area contributed by atoms with Crippen LogP contribution in [0, 0.1) is 17.2 Å². The van der Waals surface area contributed by atoms with Crippen LogP contribution in [0.3, 0.4) is 0 Å². The lowest BCUT2D eigenvalue weighted by Gasteiger charge is -2.18. The van der Waals surface area contributed by atoms with Gasteiger partial charge in [-0.15, -0.1) is 0 Å². The van der Waals surface area contributed by atoms with E-state index in [0.717, 1.165) is 19.3 Å². The van der Waals surface area contributed by atoms with Crippen molar-refractivity contribution in [2.75, 3.05) is 20.1 Å². The molecule has 0 aromatic rings. The quantitative estimate of drug-likeness (QED) is 0.643. The van der Waals surface area contributed by atoms with Crippen LogP contribution in [0.5, 0.6) is 0 Å². The molecular weight excluding hydrogens is 216 g/mol. The van der Waals surface area contributed by atoms with E-state index in [1.54, 1.807) is 13.2 Å². The van der Waals surface area contributed by atoms with Gasteiger partial charge in [-0.05, 0) is 24.7 Å². The van der Waals surface area contributed by atoms with Crippen molar-refractivity contribution < 1.29 is 4.79 Å². The fraction of sp³-hybridized carbons (Fsp3) is 0.667. The first-order valence-corrected chi connectivity index (χ1v) is 6.18. The number of hydrogen-bond acceptors (Lipinski definition) is 3. The highest BCUT2D eigenvalue weighted by molar-refractivity contribution is 5.85. The fourth-order valence-electron chi connectivity index (χ4n) is 2.87. The Morgan fingerprint density at radius 2 is 2.00 bits per heavy atom. The van der Waals surface area contributed by atoms with Crippen LogP contribution in [0.2, 0.25) is 0 Å². The van der Waals surface area contributed by atoms with Crippen LogP contribution in [0.25, 0.3) is 0 Å². The van der Waals surface area contributed by atoms with E-state index in [9.17, 15) is 4.79 Å². The van der Waals surface area contributed by atoms with Crippen molar-refractivity contribution in [3.8, 4) is 0 Å². The van der Waals surface area contributed by atoms with Gasteiger partial charge in [-0.1, -0.05) is 6.42 Å². The summed E-state index contributed by atoms with van der Waals surface area (Å²) in [6.07, 6.45) is 6.60. The molecule has 1 saturated heterocycles. The standard InChI is InChI=1S/C12H20N4O/c1-14-6-11(5-13)15-12(17)16-7-9-3-2-4-10(9)8-16/h5-6,9-10,13-14H,2-4,7-8H2,1H3,(H,15,17)/b11-6+,13-5?/t9-,10+. The molecule has 2 atom stereocenters. The predicted octanol–water partition coefficient (Wildman–Crippen LogP) is 1.14. The Kier molecular flexibility index (Phi) is 3.66. The number of nitrogens with one attached hydrogen (secondary N) is 3. The molecule has 2 fully saturated rings. The van der Waals surface area contributed by atoms with Crippen LogP contribution >= 0.6 is 0 Å². The van der Waals surface area contributed by atoms with Crippen molar-refractivity contribution in [3.05, 3.63) is 11.9 Å². The van der Waals surface area contributed by atoms with Crippen molar-refractivity contribution in [2.45, 2.75) is 19.3 Å². The summed E-state index contributed by atoms with van der Waals surface area (Å²) >= 11 is 0. The number of urea groups is 1. The molecule has 1 heterocycles. The van der Waals surface area contributed by atoms with Crippen molar-refractivity contribution in [2.24, 2.45) is 11.8 Å². The molecular formula is C12H20N4O. The minimum atomic E-state index is -0.0793. The minimum Gasteiger partial charge on any atom is -0.392 e. The molecule has 0 spiro atoms. The van der Waals surface area contributed by atoms with Gasteiger partial charge in [0.1, 0.15) is 0 Å². The Morgan fingerprint density at radius 1 is 1.35 bits per heavy atom. The van der Waals surface area contributed by atoms with Gasteiger partial charge in [-0.2, -0.15) is 0 Å². The second kappa shape index (κ2) is 5.21. The summed E-state index contributed by atoms with van der Waals surface area (Å²) in [6.45, 7) is 1.75. The van der Waals surface area contributed by atoms with E-state index in [1.807, 2.05) is 4.90 Å². The van der Waals surface area contributed by atoms with Gasteiger partial charge in [0.15, 0.2) is 0 Å². The predicted molar refractivity (Wildman–Crippen MR) is 66.9 cm³/mol. The Labute approximate surface area is 102 Å². The number of rotatable bonds is 3. The van der Waals surface area contributed by atoms with E-state index in [1.165, 1.54) is 19.3 Å². The zero-order valence-electron chi connectivity index (χ0n) is 10.2. The van der Waals surface area contributed by atoms with Crippen molar-refractivity contribution in [1.82, 2.24) is 15.5 Å². The molecule has 0 unspecified atom stereocenters. The van der Waals surface area contributed by atoms with Crippen LogP contribution in [-0.2, 0) is 0 Å². The van der Waals surface area contributed by atoms with Crippen LogP contribution in [0.4, 0.5) is 4.79 Å². The third-order valence-corrected chi connectivity index (χ3v) is 3.72. The number of nitrogens with zero attached hydrogens (tertiary/aromatic N) is 1. The zero-order valence-corrected chi connectivity index (χ0v) is 10.2. The summed E-state index contributed by atoms with van der Waals surface area (Å²) < 4.78 is 0. The van der Waals surface area contributed by atoms with Crippen LogP contribution in [0.15, 0.2) is 11.9 Å². The summed E-state index contributed by atoms with van der Waals surface area (Å²) in [5, 5.41) is 12.7. The molecule has 5 nitrogen and oxygen atoms in total. The lowest BCUT2D eigenvalue weighted by atomic mass is 10.0. The minimum absolute atomic E-state index is 0.0793. The highest BCUT2D eigenvalue weighted by Gasteiger charge is 2.37. The Balaban J connectivity index is 1.89. The Morgan fingerprint density at radius 3 is 2.53 bits per heavy atom. The van der Waals surface area contributed by atoms with Crippen molar-refractivity contribution >= 4 is 12.2 Å². The van der Waals surface area contributed by atoms with E-state index < -0.39 is 0 Å². The van der Waals surface area contributed by atoms with E-state index in [-0.39, 0.29) is 6.03 Å². The maximum atomic E-state index is 12.0. The largest absolute Gasteiger partial charge is 0.392 e. The zero-order chi connectivity index (χ0) is 12.3. The average molecular weight is 236 g/mol. The van der Waals surface area contributed by atoms with Gasteiger partial charge in [0.25, 0.3) is 0 Å². The number of amides is 2. The lowest BCUT2D eigenvalue weighted by molar-refractivity contribution is 0.208. The second-order valence-electron chi connectivity index (χ2n) is 4.82. The van der Waals surface area contributed by atoms with Gasteiger partial charge in [0.2, 0.25) is 0 Å². The number of fused-ring (bicyclic) bond motifs is 1. The molecule has 17 heavy (non-hydrogen) atoms. The number of allylic oxidation sites excluding steroid dienone is 1. The van der Waals surface area contributed by atoms with Gasteiger partial charge in [0, 0.05) is 32.6 Å². The maximum Gasteiger partial charge on any atom is 0.321 e. The molecule has 0 bridgehead atoms. The number of likely N-dealkylation sites (tertiary alicyclic amines) is 1. The SMILES string of the molecule is CN/C=C(\C=N)NC(=O)N1C[C@H]2CCC[C@H]2C1. The molecule has 94 valence electrons. The second-order valence-corrected chi connectivity index (χ2v) is 4.82. The van der Waals surface area contributed by atoms with E-state index in [0.29, 0.717) is 17.5 Å². The molecule has 3 N–H and O–H groups in total. The van der Waals surface area contributed by atoms with Gasteiger partial charge in [0.05, 0.1) is 5.70 Å². The third kappa shape index (κ3) is 2.60. The molecule has 0 aromatic heterocycles. The highest BCUT2D eigenvalue weighted by atomic mass is 16.2. The van der Waals surface area contributed by atoms with E-state index in [4.69, 9.17) is 5.41 Å². The number of hydrogen-bond donors (Lipinski definition) is 3. The molecule has 1 aliphatic carbocycles. The first kappa shape index (κ1) is 12.0. The molecule has 5 heteroatoms. The van der Waals surface area contributed by atoms with Crippen molar-refractivity contribution in [1.29, 1.82) is 5.41 Å². The normalized spacial score (nSPS) is 27.8. The Bertz CT molecular complexity index is 327. The fourth-order valence-corrected chi connectivity index (χ4v) is 2.87. The molecule has 0 aromatic carbocycles. The number of carbonyl (C=O) groups excluding carboxylic acids is 1.